The van der Waals surface area contributed by atoms with Crippen LogP contribution in [0.1, 0.15) is 88.6 Å². The van der Waals surface area contributed by atoms with Crippen LogP contribution in [0.5, 0.6) is 0 Å². The quantitative estimate of drug-likeness (QED) is 0.196. The van der Waals surface area contributed by atoms with Crippen LogP contribution < -0.4 is 4.90 Å². The Bertz CT molecular complexity index is 1190. The van der Waals surface area contributed by atoms with Gasteiger partial charge in [-0.3, -0.25) is 0 Å². The predicted molar refractivity (Wildman–Crippen MR) is 205 cm³/mol. The third-order valence-corrected chi connectivity index (χ3v) is 5.76. The Morgan fingerprint density at radius 2 is 0.500 bits per heavy atom. The molecule has 0 saturated carbocycles. The molecule has 0 N–H and O–H groups in total. The number of nitrogens with zero attached hydrogens (tertiary/aromatic N) is 1. The van der Waals surface area contributed by atoms with E-state index in [0.29, 0.717) is 0 Å². The van der Waals surface area contributed by atoms with Gasteiger partial charge >= 0.3 is 0 Å². The maximum absolute atomic E-state index is 2.31. The number of rotatable bonds is 5. The van der Waals surface area contributed by atoms with Gasteiger partial charge in [-0.15, -0.1) is 0 Å². The van der Waals surface area contributed by atoms with E-state index in [4.69, 9.17) is 0 Å². The van der Waals surface area contributed by atoms with E-state index in [1.807, 2.05) is 83.1 Å². The molecule has 0 saturated heterocycles. The van der Waals surface area contributed by atoms with Crippen molar-refractivity contribution in [2.75, 3.05) is 4.90 Å². The number of benzene rings is 5. The highest BCUT2D eigenvalue weighted by molar-refractivity contribution is 5.79. The Balaban J connectivity index is 0. The number of hydrogen-bond acceptors (Lipinski definition) is 1. The van der Waals surface area contributed by atoms with Crippen LogP contribution in [-0.4, -0.2) is 0 Å². The highest BCUT2D eigenvalue weighted by Crippen LogP contribution is 2.36. The van der Waals surface area contributed by atoms with Gasteiger partial charge in [0.2, 0.25) is 0 Å². The highest BCUT2D eigenvalue weighted by Gasteiger charge is 2.13. The van der Waals surface area contributed by atoms with Crippen molar-refractivity contribution < 1.29 is 0 Å². The minimum Gasteiger partial charge on any atom is -0.311 e. The fraction of sp³-hybridized carbons (Fsp3) is 0.302. The van der Waals surface area contributed by atoms with E-state index in [9.17, 15) is 0 Å². The molecule has 0 bridgehead atoms. The van der Waals surface area contributed by atoms with E-state index in [2.05, 4.69) is 145 Å². The van der Waals surface area contributed by atoms with E-state index in [1.54, 1.807) is 0 Å². The van der Waals surface area contributed by atoms with E-state index >= 15 is 0 Å². The van der Waals surface area contributed by atoms with Gasteiger partial charge in [-0.25, -0.2) is 0 Å². The molecule has 0 atom stereocenters. The maximum Gasteiger partial charge on any atom is 0.0462 e. The van der Waals surface area contributed by atoms with Gasteiger partial charge in [0.15, 0.2) is 0 Å². The first-order valence-corrected chi connectivity index (χ1v) is 17.0. The summed E-state index contributed by atoms with van der Waals surface area (Å²) in [6.07, 6.45) is 0. The summed E-state index contributed by atoms with van der Waals surface area (Å²) in [4.78, 5) is 2.31. The normalized spacial score (nSPS) is 8.57. The first kappa shape index (κ1) is 42.0. The zero-order valence-electron chi connectivity index (χ0n) is 30.1. The second-order valence-corrected chi connectivity index (χ2v) is 8.00. The van der Waals surface area contributed by atoms with Gasteiger partial charge in [0.25, 0.3) is 0 Å². The molecular formula is C43H61N. The first-order valence-electron chi connectivity index (χ1n) is 17.0. The summed E-state index contributed by atoms with van der Waals surface area (Å²) in [5, 5.41) is 0. The molecule has 5 aromatic rings. The number of aryl methyl sites for hydroxylation is 1. The lowest BCUT2D eigenvalue weighted by molar-refractivity contribution is 1.27. The zero-order valence-corrected chi connectivity index (χ0v) is 30.1. The largest absolute Gasteiger partial charge is 0.311 e. The molecule has 1 nitrogen and oxygen atoms in total. The molecule has 0 amide bonds. The van der Waals surface area contributed by atoms with Gasteiger partial charge in [-0.1, -0.05) is 186 Å². The Morgan fingerprint density at radius 3 is 0.773 bits per heavy atom. The van der Waals surface area contributed by atoms with Crippen LogP contribution in [0.3, 0.4) is 0 Å². The Labute approximate surface area is 272 Å². The molecular weight excluding hydrogens is 530 g/mol. The van der Waals surface area contributed by atoms with Crippen molar-refractivity contribution in [3.8, 4) is 22.3 Å². The van der Waals surface area contributed by atoms with Crippen molar-refractivity contribution >= 4 is 17.1 Å². The average Bonchev–Trinajstić information content (AvgIpc) is 3.15. The monoisotopic (exact) mass is 591 g/mol. The van der Waals surface area contributed by atoms with E-state index < -0.39 is 0 Å². The second kappa shape index (κ2) is 27.7. The molecule has 0 radical (unpaired) electrons. The molecule has 0 aliphatic carbocycles. The van der Waals surface area contributed by atoms with E-state index in [-0.39, 0.29) is 0 Å². The van der Waals surface area contributed by atoms with E-state index in [1.165, 1.54) is 27.8 Å². The van der Waals surface area contributed by atoms with Crippen LogP contribution in [0.25, 0.3) is 22.3 Å². The van der Waals surface area contributed by atoms with Crippen LogP contribution in [0.2, 0.25) is 0 Å². The van der Waals surface area contributed by atoms with Crippen molar-refractivity contribution in [3.05, 3.63) is 139 Å². The summed E-state index contributed by atoms with van der Waals surface area (Å²) < 4.78 is 0. The minimum atomic E-state index is 1.14. The molecule has 238 valence electrons. The SMILES string of the molecule is CC.CC.CC.CC.CC.CC.Cc1ccc(N(c2ccc(-c3ccccc3)cc2)c2ccc(-c3ccccc3)cc2)cc1. The number of hydrogen-bond donors (Lipinski definition) is 0. The van der Waals surface area contributed by atoms with Crippen molar-refractivity contribution in [3.63, 3.8) is 0 Å². The molecule has 0 spiro atoms. The zero-order chi connectivity index (χ0) is 33.8. The number of anilines is 3. The standard InChI is InChI=1S/C31H25N.6C2H6/c1-24-12-18-29(19-13-24)32(30-20-14-27(15-21-30)25-8-4-2-5-9-25)31-22-16-28(17-23-31)26-10-6-3-7-11-26;6*1-2/h2-23H,1H3;6*1-2H3. The smallest absolute Gasteiger partial charge is 0.0462 e. The van der Waals surface area contributed by atoms with Crippen molar-refractivity contribution in [2.24, 2.45) is 0 Å². The molecule has 0 heterocycles. The lowest BCUT2D eigenvalue weighted by atomic mass is 10.0. The Morgan fingerprint density at radius 1 is 0.273 bits per heavy atom. The first-order chi connectivity index (χ1) is 21.8. The summed E-state index contributed by atoms with van der Waals surface area (Å²) >= 11 is 0. The predicted octanol–water partition coefficient (Wildman–Crippen LogP) is 15.0. The van der Waals surface area contributed by atoms with Crippen molar-refractivity contribution in [1.29, 1.82) is 0 Å². The molecule has 5 aromatic carbocycles. The molecule has 0 aromatic heterocycles. The van der Waals surface area contributed by atoms with Gasteiger partial charge in [0, 0.05) is 17.1 Å². The van der Waals surface area contributed by atoms with Crippen molar-refractivity contribution in [1.82, 2.24) is 0 Å². The molecule has 1 heteroatoms. The molecule has 5 rings (SSSR count). The Hall–Kier alpha value is -4.10. The van der Waals surface area contributed by atoms with Crippen LogP contribution in [0.4, 0.5) is 17.1 Å². The molecule has 0 fully saturated rings. The third-order valence-electron chi connectivity index (χ3n) is 5.76. The highest BCUT2D eigenvalue weighted by atomic mass is 15.1. The topological polar surface area (TPSA) is 3.24 Å². The molecule has 44 heavy (non-hydrogen) atoms. The van der Waals surface area contributed by atoms with Gasteiger partial charge in [0.1, 0.15) is 0 Å². The fourth-order valence-corrected chi connectivity index (χ4v) is 4.01. The maximum atomic E-state index is 2.31. The lowest BCUT2D eigenvalue weighted by Crippen LogP contribution is -2.09. The second-order valence-electron chi connectivity index (χ2n) is 8.00. The molecule has 0 aliphatic heterocycles. The summed E-state index contributed by atoms with van der Waals surface area (Å²) in [5.74, 6) is 0. The molecule has 0 unspecified atom stereocenters. The Kier molecular flexibility index (Phi) is 26.5. The van der Waals surface area contributed by atoms with Crippen LogP contribution in [0.15, 0.2) is 133 Å². The fourth-order valence-electron chi connectivity index (χ4n) is 4.01. The average molecular weight is 592 g/mol. The van der Waals surface area contributed by atoms with Crippen molar-refractivity contribution in [2.45, 2.75) is 90.0 Å². The van der Waals surface area contributed by atoms with E-state index in [0.717, 1.165) is 17.1 Å². The van der Waals surface area contributed by atoms with Gasteiger partial charge in [0.05, 0.1) is 0 Å². The van der Waals surface area contributed by atoms with Gasteiger partial charge in [-0.2, -0.15) is 0 Å². The van der Waals surface area contributed by atoms with Crippen LogP contribution >= 0.6 is 0 Å². The molecule has 0 aliphatic rings. The van der Waals surface area contributed by atoms with Gasteiger partial charge < -0.3 is 4.90 Å². The summed E-state index contributed by atoms with van der Waals surface area (Å²) in [6, 6.07) is 47.3. The lowest BCUT2D eigenvalue weighted by Gasteiger charge is -2.26. The minimum absolute atomic E-state index is 1.14. The van der Waals surface area contributed by atoms with Crippen LogP contribution in [-0.2, 0) is 0 Å². The van der Waals surface area contributed by atoms with Crippen LogP contribution in [0, 0.1) is 6.92 Å². The third kappa shape index (κ3) is 13.5. The summed E-state index contributed by atoms with van der Waals surface area (Å²) in [6.45, 7) is 26.1. The summed E-state index contributed by atoms with van der Waals surface area (Å²) in [5.41, 5.74) is 9.58. The summed E-state index contributed by atoms with van der Waals surface area (Å²) in [7, 11) is 0. The van der Waals surface area contributed by atoms with Gasteiger partial charge in [-0.05, 0) is 65.6 Å².